The van der Waals surface area contributed by atoms with Gasteiger partial charge in [-0.3, -0.25) is 4.79 Å². The molecule has 0 fully saturated rings. The normalized spacial score (nSPS) is 12.3. The van der Waals surface area contributed by atoms with Crippen LogP contribution in [0.25, 0.3) is 11.0 Å². The first-order chi connectivity index (χ1) is 9.11. The number of nitrogens with one attached hydrogen (secondary N) is 2. The van der Waals surface area contributed by atoms with E-state index in [0.29, 0.717) is 5.57 Å². The lowest BCUT2D eigenvalue weighted by atomic mass is 10.1. The molecular weight excluding hydrogens is 238 g/mol. The molecular formula is C15H19N3O. The third-order valence-corrected chi connectivity index (χ3v) is 3.01. The van der Waals surface area contributed by atoms with E-state index in [1.807, 2.05) is 24.3 Å². The molecule has 1 aromatic carbocycles. The second kappa shape index (κ2) is 5.69. The van der Waals surface area contributed by atoms with E-state index in [1.54, 1.807) is 6.92 Å². The van der Waals surface area contributed by atoms with E-state index in [4.69, 9.17) is 0 Å². The van der Waals surface area contributed by atoms with Gasteiger partial charge in [0.2, 0.25) is 5.91 Å². The van der Waals surface area contributed by atoms with Crippen molar-refractivity contribution >= 4 is 16.9 Å². The Morgan fingerprint density at radius 1 is 1.47 bits per heavy atom. The zero-order valence-corrected chi connectivity index (χ0v) is 11.4. The summed E-state index contributed by atoms with van der Waals surface area (Å²) in [4.78, 5) is 19.6. The molecule has 0 aliphatic heterocycles. The van der Waals surface area contributed by atoms with Crippen molar-refractivity contribution in [1.29, 1.82) is 0 Å². The molecule has 100 valence electrons. The Bertz CT molecular complexity index is 567. The molecule has 1 unspecified atom stereocenters. The number of para-hydroxylation sites is 2. The highest BCUT2D eigenvalue weighted by Crippen LogP contribution is 2.19. The number of imidazole rings is 1. The predicted octanol–water partition coefficient (Wildman–Crippen LogP) is 3.10. The summed E-state index contributed by atoms with van der Waals surface area (Å²) in [7, 11) is 0. The van der Waals surface area contributed by atoms with Gasteiger partial charge in [-0.25, -0.2) is 4.98 Å². The predicted molar refractivity (Wildman–Crippen MR) is 76.7 cm³/mol. The van der Waals surface area contributed by atoms with E-state index >= 15 is 0 Å². The van der Waals surface area contributed by atoms with Gasteiger partial charge in [0.15, 0.2) is 0 Å². The van der Waals surface area contributed by atoms with Crippen molar-refractivity contribution in [2.75, 3.05) is 0 Å². The fourth-order valence-electron chi connectivity index (χ4n) is 1.98. The van der Waals surface area contributed by atoms with Gasteiger partial charge in [0.05, 0.1) is 17.1 Å². The van der Waals surface area contributed by atoms with Crippen LogP contribution in [-0.2, 0) is 4.79 Å². The van der Waals surface area contributed by atoms with Gasteiger partial charge in [0.25, 0.3) is 0 Å². The molecule has 0 aliphatic carbocycles. The molecule has 1 aromatic heterocycles. The SMILES string of the molecule is C=C(C)C(=O)NC(CCC)c1nc2ccccc2[nH]1. The third kappa shape index (κ3) is 3.02. The van der Waals surface area contributed by atoms with Crippen LogP contribution in [0.15, 0.2) is 36.4 Å². The quantitative estimate of drug-likeness (QED) is 0.809. The number of nitrogens with zero attached hydrogens (tertiary/aromatic N) is 1. The average molecular weight is 257 g/mol. The molecule has 0 saturated carbocycles. The lowest BCUT2D eigenvalue weighted by Crippen LogP contribution is -2.29. The Kier molecular flexibility index (Phi) is 4.00. The van der Waals surface area contributed by atoms with Crippen LogP contribution >= 0.6 is 0 Å². The number of hydrogen-bond donors (Lipinski definition) is 2. The van der Waals surface area contributed by atoms with Crippen molar-refractivity contribution in [3.63, 3.8) is 0 Å². The Labute approximate surface area is 112 Å². The molecule has 2 aromatic rings. The summed E-state index contributed by atoms with van der Waals surface area (Å²) in [5, 5.41) is 2.96. The van der Waals surface area contributed by atoms with Gasteiger partial charge in [-0.2, -0.15) is 0 Å². The highest BCUT2D eigenvalue weighted by molar-refractivity contribution is 5.92. The van der Waals surface area contributed by atoms with Crippen molar-refractivity contribution in [1.82, 2.24) is 15.3 Å². The zero-order valence-electron chi connectivity index (χ0n) is 11.4. The molecule has 4 nitrogen and oxygen atoms in total. The van der Waals surface area contributed by atoms with Crippen molar-refractivity contribution in [3.8, 4) is 0 Å². The van der Waals surface area contributed by atoms with Gasteiger partial charge >= 0.3 is 0 Å². The van der Waals surface area contributed by atoms with Crippen LogP contribution in [0.2, 0.25) is 0 Å². The van der Waals surface area contributed by atoms with Crippen LogP contribution < -0.4 is 5.32 Å². The van der Waals surface area contributed by atoms with Crippen molar-refractivity contribution in [2.24, 2.45) is 0 Å². The molecule has 0 spiro atoms. The zero-order chi connectivity index (χ0) is 13.8. The van der Waals surface area contributed by atoms with Crippen LogP contribution in [0.4, 0.5) is 0 Å². The van der Waals surface area contributed by atoms with E-state index < -0.39 is 0 Å². The summed E-state index contributed by atoms with van der Waals surface area (Å²) >= 11 is 0. The van der Waals surface area contributed by atoms with E-state index in [1.165, 1.54) is 0 Å². The van der Waals surface area contributed by atoms with Gasteiger partial charge in [-0.05, 0) is 25.5 Å². The fraction of sp³-hybridized carbons (Fsp3) is 0.333. The summed E-state index contributed by atoms with van der Waals surface area (Å²) in [5.74, 6) is 0.677. The number of H-pyrrole nitrogens is 1. The summed E-state index contributed by atoms with van der Waals surface area (Å²) < 4.78 is 0. The van der Waals surface area contributed by atoms with Crippen molar-refractivity contribution in [3.05, 3.63) is 42.2 Å². The Hall–Kier alpha value is -2.10. The minimum Gasteiger partial charge on any atom is -0.342 e. The molecule has 2 rings (SSSR count). The van der Waals surface area contributed by atoms with E-state index in [0.717, 1.165) is 29.7 Å². The number of carbonyl (C=O) groups excluding carboxylic acids is 1. The topological polar surface area (TPSA) is 57.8 Å². The average Bonchev–Trinajstić information content (AvgIpc) is 2.81. The first-order valence-corrected chi connectivity index (χ1v) is 6.52. The minimum atomic E-state index is -0.126. The first-order valence-electron chi connectivity index (χ1n) is 6.52. The van der Waals surface area contributed by atoms with Gasteiger partial charge in [0, 0.05) is 5.57 Å². The maximum atomic E-state index is 11.8. The van der Waals surface area contributed by atoms with Crippen LogP contribution in [-0.4, -0.2) is 15.9 Å². The van der Waals surface area contributed by atoms with Gasteiger partial charge < -0.3 is 10.3 Å². The monoisotopic (exact) mass is 257 g/mol. The largest absolute Gasteiger partial charge is 0.342 e. The number of hydrogen-bond acceptors (Lipinski definition) is 2. The number of aromatic amines is 1. The van der Waals surface area contributed by atoms with Crippen LogP contribution in [0.5, 0.6) is 0 Å². The van der Waals surface area contributed by atoms with Crippen LogP contribution in [0, 0.1) is 0 Å². The number of rotatable bonds is 5. The third-order valence-electron chi connectivity index (χ3n) is 3.01. The highest BCUT2D eigenvalue weighted by atomic mass is 16.1. The molecule has 0 saturated heterocycles. The van der Waals surface area contributed by atoms with E-state index in [-0.39, 0.29) is 11.9 Å². The minimum absolute atomic E-state index is 0.0957. The lowest BCUT2D eigenvalue weighted by molar-refractivity contribution is -0.118. The summed E-state index contributed by atoms with van der Waals surface area (Å²) in [6.07, 6.45) is 1.82. The number of amides is 1. The molecule has 1 atom stereocenters. The first kappa shape index (κ1) is 13.3. The number of carbonyl (C=O) groups is 1. The summed E-state index contributed by atoms with van der Waals surface area (Å²) in [6, 6.07) is 7.76. The standard InChI is InChI=1S/C15H19N3O/c1-4-7-13(18-15(19)10(2)3)14-16-11-8-5-6-9-12(11)17-14/h5-6,8-9,13H,2,4,7H2,1,3H3,(H,16,17)(H,18,19). The number of aromatic nitrogens is 2. The molecule has 1 heterocycles. The molecule has 4 heteroatoms. The number of benzene rings is 1. The Morgan fingerprint density at radius 3 is 2.84 bits per heavy atom. The van der Waals surface area contributed by atoms with Crippen molar-refractivity contribution < 1.29 is 4.79 Å². The van der Waals surface area contributed by atoms with Crippen molar-refractivity contribution in [2.45, 2.75) is 32.7 Å². The summed E-state index contributed by atoms with van der Waals surface area (Å²) in [6.45, 7) is 7.45. The number of fused-ring (bicyclic) bond motifs is 1. The Morgan fingerprint density at radius 2 is 2.21 bits per heavy atom. The molecule has 19 heavy (non-hydrogen) atoms. The van der Waals surface area contributed by atoms with Crippen LogP contribution in [0.1, 0.15) is 38.6 Å². The van der Waals surface area contributed by atoms with Gasteiger partial charge in [0.1, 0.15) is 5.82 Å². The molecule has 0 bridgehead atoms. The molecule has 2 N–H and O–H groups in total. The van der Waals surface area contributed by atoms with E-state index in [2.05, 4.69) is 28.8 Å². The molecule has 0 radical (unpaired) electrons. The second-order valence-corrected chi connectivity index (χ2v) is 4.73. The lowest BCUT2D eigenvalue weighted by Gasteiger charge is -2.15. The maximum Gasteiger partial charge on any atom is 0.246 e. The van der Waals surface area contributed by atoms with E-state index in [9.17, 15) is 4.79 Å². The summed E-state index contributed by atoms with van der Waals surface area (Å²) in [5.41, 5.74) is 2.42. The highest BCUT2D eigenvalue weighted by Gasteiger charge is 2.17. The second-order valence-electron chi connectivity index (χ2n) is 4.73. The van der Waals surface area contributed by atoms with Gasteiger partial charge in [-0.15, -0.1) is 0 Å². The molecule has 1 amide bonds. The Balaban J connectivity index is 2.27. The smallest absolute Gasteiger partial charge is 0.246 e. The van der Waals surface area contributed by atoms with Gasteiger partial charge in [-0.1, -0.05) is 32.1 Å². The fourth-order valence-corrected chi connectivity index (χ4v) is 1.98. The molecule has 0 aliphatic rings. The maximum absolute atomic E-state index is 11.8. The van der Waals surface area contributed by atoms with Crippen LogP contribution in [0.3, 0.4) is 0 Å².